The fourth-order valence-electron chi connectivity index (χ4n) is 1.84. The summed E-state index contributed by atoms with van der Waals surface area (Å²) in [6, 6.07) is 11.7. The molecule has 0 saturated carbocycles. The Morgan fingerprint density at radius 1 is 0.722 bits per heavy atom. The number of hydrogen-bond acceptors (Lipinski definition) is 0. The van der Waals surface area contributed by atoms with Crippen LogP contribution in [-0.2, 0) is 13.1 Å². The highest BCUT2D eigenvalue weighted by Gasteiger charge is 2.08. The van der Waals surface area contributed by atoms with E-state index in [0.717, 1.165) is 36.2 Å². The molecule has 0 aromatic carbocycles. The zero-order chi connectivity index (χ0) is 12.8. The fourth-order valence-corrected chi connectivity index (χ4v) is 2.27. The lowest BCUT2D eigenvalue weighted by atomic mass is 10.3. The predicted octanol–water partition coefficient (Wildman–Crippen LogP) is 3.05. The average Bonchev–Trinajstić information content (AvgIpc) is 2.38. The Balaban J connectivity index is 1.80. The van der Waals surface area contributed by atoms with Crippen LogP contribution in [0.4, 0.5) is 0 Å². The summed E-state index contributed by atoms with van der Waals surface area (Å²) in [7, 11) is 0. The maximum atomic E-state index is 6.08. The van der Waals surface area contributed by atoms with Crippen molar-refractivity contribution in [2.45, 2.75) is 25.9 Å². The van der Waals surface area contributed by atoms with Crippen molar-refractivity contribution in [2.24, 2.45) is 0 Å². The van der Waals surface area contributed by atoms with E-state index in [1.165, 1.54) is 0 Å². The Morgan fingerprint density at radius 2 is 1.17 bits per heavy atom. The number of aryl methyl sites for hydroxylation is 2. The van der Waals surface area contributed by atoms with Gasteiger partial charge in [-0.25, -0.2) is 0 Å². The second-order valence-corrected chi connectivity index (χ2v) is 4.92. The molecule has 0 N–H and O–H groups in total. The highest BCUT2D eigenvalue weighted by Crippen LogP contribution is 2.02. The van der Waals surface area contributed by atoms with Gasteiger partial charge in [-0.15, -0.1) is 0 Å². The van der Waals surface area contributed by atoms with Crippen molar-refractivity contribution in [3.8, 4) is 0 Å². The van der Waals surface area contributed by atoms with E-state index < -0.39 is 0 Å². The van der Waals surface area contributed by atoms with Crippen molar-refractivity contribution in [1.29, 1.82) is 0 Å². The van der Waals surface area contributed by atoms with Gasteiger partial charge in [-0.2, -0.15) is 9.13 Å². The van der Waals surface area contributed by atoms with Crippen LogP contribution in [0, 0.1) is 0 Å². The maximum absolute atomic E-state index is 6.08. The molecule has 18 heavy (non-hydrogen) atoms. The zero-order valence-electron chi connectivity index (χ0n) is 10.1. The largest absolute Gasteiger partial charge is 0.274 e. The first-order valence-electron chi connectivity index (χ1n) is 6.05. The number of hydrogen-bond donors (Lipinski definition) is 0. The van der Waals surface area contributed by atoms with Crippen LogP contribution in [0.15, 0.2) is 48.8 Å². The minimum absolute atomic E-state index is 0.780. The first-order valence-corrected chi connectivity index (χ1v) is 6.81. The predicted molar refractivity (Wildman–Crippen MR) is 72.5 cm³/mol. The third-order valence-electron chi connectivity index (χ3n) is 2.82. The van der Waals surface area contributed by atoms with Crippen LogP contribution in [0.5, 0.6) is 0 Å². The molecule has 0 radical (unpaired) electrons. The molecule has 0 bridgehead atoms. The molecule has 0 atom stereocenters. The molecule has 0 saturated heterocycles. The standard InChI is InChI=1S/C14H16Cl2N2/c15-13-7-1-3-9-17(13)11-5-6-12-18-10-4-2-8-14(18)16/h1-4,7-10H,5-6,11-12H2/q+2. The van der Waals surface area contributed by atoms with Gasteiger partial charge in [-0.3, -0.25) is 0 Å². The van der Waals surface area contributed by atoms with E-state index in [4.69, 9.17) is 23.2 Å². The van der Waals surface area contributed by atoms with E-state index in [-0.39, 0.29) is 0 Å². The average molecular weight is 283 g/mol. The molecule has 2 rings (SSSR count). The minimum atomic E-state index is 0.780. The summed E-state index contributed by atoms with van der Waals surface area (Å²) in [5.41, 5.74) is 0. The van der Waals surface area contributed by atoms with Gasteiger partial charge in [0, 0.05) is 37.1 Å². The molecule has 0 aliphatic carbocycles. The van der Waals surface area contributed by atoms with Crippen LogP contribution in [0.2, 0.25) is 10.3 Å². The summed E-state index contributed by atoms with van der Waals surface area (Å²) in [5, 5.41) is 1.56. The first-order chi connectivity index (χ1) is 8.77. The van der Waals surface area contributed by atoms with Crippen molar-refractivity contribution in [3.63, 3.8) is 0 Å². The summed E-state index contributed by atoms with van der Waals surface area (Å²) in [4.78, 5) is 0. The summed E-state index contributed by atoms with van der Waals surface area (Å²) >= 11 is 12.2. The molecule has 0 unspecified atom stereocenters. The van der Waals surface area contributed by atoms with Gasteiger partial charge in [-0.05, 0) is 35.3 Å². The number of rotatable bonds is 5. The van der Waals surface area contributed by atoms with Crippen molar-refractivity contribution >= 4 is 23.2 Å². The topological polar surface area (TPSA) is 7.76 Å². The van der Waals surface area contributed by atoms with Crippen molar-refractivity contribution < 1.29 is 9.13 Å². The van der Waals surface area contributed by atoms with Crippen LogP contribution in [0.1, 0.15) is 12.8 Å². The van der Waals surface area contributed by atoms with Gasteiger partial charge in [0.1, 0.15) is 13.1 Å². The highest BCUT2D eigenvalue weighted by atomic mass is 35.5. The van der Waals surface area contributed by atoms with Gasteiger partial charge in [0.2, 0.25) is 0 Å². The SMILES string of the molecule is Clc1cccc[n+]1CCCC[n+]1ccccc1Cl. The molecule has 2 heterocycles. The lowest BCUT2D eigenvalue weighted by Crippen LogP contribution is -2.37. The third-order valence-corrected chi connectivity index (χ3v) is 3.50. The number of nitrogens with zero attached hydrogens (tertiary/aromatic N) is 2. The van der Waals surface area contributed by atoms with Gasteiger partial charge in [-0.1, -0.05) is 0 Å². The Bertz CT molecular complexity index is 467. The highest BCUT2D eigenvalue weighted by molar-refractivity contribution is 6.28. The molecule has 2 aromatic heterocycles. The van der Waals surface area contributed by atoms with Crippen molar-refractivity contribution in [2.75, 3.05) is 0 Å². The molecular weight excluding hydrogens is 267 g/mol. The van der Waals surface area contributed by atoms with E-state index in [1.54, 1.807) is 0 Å². The molecule has 4 heteroatoms. The molecule has 0 spiro atoms. The van der Waals surface area contributed by atoms with E-state index in [0.29, 0.717) is 0 Å². The molecule has 94 valence electrons. The Morgan fingerprint density at radius 3 is 1.56 bits per heavy atom. The van der Waals surface area contributed by atoms with Crippen LogP contribution in [0.3, 0.4) is 0 Å². The number of halogens is 2. The van der Waals surface area contributed by atoms with Crippen LogP contribution in [0.25, 0.3) is 0 Å². The summed E-state index contributed by atoms with van der Waals surface area (Å²) in [5.74, 6) is 0. The quantitative estimate of drug-likeness (QED) is 0.452. The Kier molecular flexibility index (Phi) is 4.97. The molecule has 2 nitrogen and oxygen atoms in total. The second-order valence-electron chi connectivity index (χ2n) is 4.14. The van der Waals surface area contributed by atoms with Gasteiger partial charge in [0.05, 0.1) is 0 Å². The molecule has 0 amide bonds. The van der Waals surface area contributed by atoms with Gasteiger partial charge in [0.25, 0.3) is 10.3 Å². The van der Waals surface area contributed by atoms with E-state index in [2.05, 4.69) is 9.13 Å². The van der Waals surface area contributed by atoms with Crippen LogP contribution >= 0.6 is 23.2 Å². The smallest absolute Gasteiger partial charge is 0.189 e. The van der Waals surface area contributed by atoms with Crippen molar-refractivity contribution in [1.82, 2.24) is 0 Å². The normalized spacial score (nSPS) is 10.6. The van der Waals surface area contributed by atoms with E-state index in [1.807, 2.05) is 48.8 Å². The minimum Gasteiger partial charge on any atom is -0.189 e. The number of aromatic nitrogens is 2. The monoisotopic (exact) mass is 282 g/mol. The lowest BCUT2D eigenvalue weighted by Gasteiger charge is -1.99. The van der Waals surface area contributed by atoms with E-state index in [9.17, 15) is 0 Å². The summed E-state index contributed by atoms with van der Waals surface area (Å²) in [6.07, 6.45) is 6.16. The molecule has 0 aliphatic rings. The fraction of sp³-hybridized carbons (Fsp3) is 0.286. The van der Waals surface area contributed by atoms with Gasteiger partial charge in [0.15, 0.2) is 12.4 Å². The first kappa shape index (κ1) is 13.3. The van der Waals surface area contributed by atoms with E-state index >= 15 is 0 Å². The zero-order valence-corrected chi connectivity index (χ0v) is 11.6. The number of pyridine rings is 2. The lowest BCUT2D eigenvalue weighted by molar-refractivity contribution is -0.706. The summed E-state index contributed by atoms with van der Waals surface area (Å²) < 4.78 is 4.11. The van der Waals surface area contributed by atoms with Gasteiger partial charge >= 0.3 is 0 Å². The summed E-state index contributed by atoms with van der Waals surface area (Å²) in [6.45, 7) is 1.87. The maximum Gasteiger partial charge on any atom is 0.274 e. The van der Waals surface area contributed by atoms with Crippen LogP contribution < -0.4 is 9.13 Å². The second kappa shape index (κ2) is 6.72. The number of unbranched alkanes of at least 4 members (excludes halogenated alkanes) is 1. The van der Waals surface area contributed by atoms with Gasteiger partial charge < -0.3 is 0 Å². The Labute approximate surface area is 117 Å². The van der Waals surface area contributed by atoms with Crippen LogP contribution in [-0.4, -0.2) is 0 Å². The molecule has 0 fully saturated rings. The Hall–Kier alpha value is -1.12. The van der Waals surface area contributed by atoms with Crippen molar-refractivity contribution in [3.05, 3.63) is 59.1 Å². The molecule has 2 aromatic rings. The molecule has 0 aliphatic heterocycles. The molecular formula is C14H16Cl2N2+2. The third kappa shape index (κ3) is 3.69.